The summed E-state index contributed by atoms with van der Waals surface area (Å²) in [6.07, 6.45) is 5.57. The summed E-state index contributed by atoms with van der Waals surface area (Å²) in [5, 5.41) is 0.237. The predicted octanol–water partition coefficient (Wildman–Crippen LogP) is 3.29. The Balaban J connectivity index is 1.97. The Hall–Kier alpha value is -1.92. The van der Waals surface area contributed by atoms with Crippen LogP contribution in [0.2, 0.25) is 5.02 Å². The number of rotatable bonds is 3. The first kappa shape index (κ1) is 17.9. The summed E-state index contributed by atoms with van der Waals surface area (Å²) in [5.41, 5.74) is 2.24. The Kier molecular flexibility index (Phi) is 4.84. The second-order valence-corrected chi connectivity index (χ2v) is 8.71. The van der Waals surface area contributed by atoms with Crippen molar-refractivity contribution in [3.05, 3.63) is 58.4 Å². The van der Waals surface area contributed by atoms with Crippen molar-refractivity contribution in [3.8, 4) is 0 Å². The third-order valence-electron chi connectivity index (χ3n) is 4.55. The summed E-state index contributed by atoms with van der Waals surface area (Å²) in [5.74, 6) is -0.306. The number of fused-ring (bicyclic) bond motifs is 1. The lowest BCUT2D eigenvalue weighted by Gasteiger charge is -2.32. The minimum atomic E-state index is -3.42. The molecule has 1 amide bonds. The van der Waals surface area contributed by atoms with Gasteiger partial charge in [-0.25, -0.2) is 8.42 Å². The van der Waals surface area contributed by atoms with Crippen LogP contribution in [0.25, 0.3) is 0 Å². The third-order valence-corrected chi connectivity index (χ3v) is 5.99. The molecular weight excluding hydrogens is 360 g/mol. The van der Waals surface area contributed by atoms with E-state index in [9.17, 15) is 13.2 Å². The lowest BCUT2D eigenvalue weighted by Crippen LogP contribution is -2.34. The SMILES string of the molecule is CN(C(=O)c1cc(S(C)(=O)=O)ccc1Cl)C1CCCc2cccnc21. The van der Waals surface area contributed by atoms with Gasteiger partial charge in [0, 0.05) is 19.5 Å². The van der Waals surface area contributed by atoms with Crippen LogP contribution in [0.15, 0.2) is 41.4 Å². The lowest BCUT2D eigenvalue weighted by molar-refractivity contribution is 0.0711. The maximum absolute atomic E-state index is 13.0. The second-order valence-electron chi connectivity index (χ2n) is 6.29. The van der Waals surface area contributed by atoms with Gasteiger partial charge < -0.3 is 4.90 Å². The van der Waals surface area contributed by atoms with Gasteiger partial charge in [0.05, 0.1) is 27.2 Å². The van der Waals surface area contributed by atoms with Gasteiger partial charge in [-0.3, -0.25) is 9.78 Å². The summed E-state index contributed by atoms with van der Waals surface area (Å²) in [6.45, 7) is 0. The van der Waals surface area contributed by atoms with Crippen molar-refractivity contribution < 1.29 is 13.2 Å². The van der Waals surface area contributed by atoms with E-state index in [2.05, 4.69) is 4.98 Å². The number of hydrogen-bond acceptors (Lipinski definition) is 4. The van der Waals surface area contributed by atoms with Crippen molar-refractivity contribution in [3.63, 3.8) is 0 Å². The fourth-order valence-electron chi connectivity index (χ4n) is 3.19. The third kappa shape index (κ3) is 3.55. The second kappa shape index (κ2) is 6.77. The van der Waals surface area contributed by atoms with E-state index in [1.54, 1.807) is 18.1 Å². The van der Waals surface area contributed by atoms with Crippen LogP contribution in [0, 0.1) is 0 Å². The monoisotopic (exact) mass is 378 g/mol. The summed E-state index contributed by atoms with van der Waals surface area (Å²) < 4.78 is 23.6. The van der Waals surface area contributed by atoms with Crippen molar-refractivity contribution in [2.45, 2.75) is 30.2 Å². The highest BCUT2D eigenvalue weighted by Gasteiger charge is 2.29. The number of halogens is 1. The number of hydrogen-bond donors (Lipinski definition) is 0. The van der Waals surface area contributed by atoms with Gasteiger partial charge in [-0.05, 0) is 49.1 Å². The molecule has 0 bridgehead atoms. The molecule has 1 heterocycles. The standard InChI is InChI=1S/C18H19ClN2O3S/c1-21(16-7-3-5-12-6-4-10-20-17(12)16)18(22)14-11-13(25(2,23)24)8-9-15(14)19/h4,6,8-11,16H,3,5,7H2,1-2H3. The highest BCUT2D eigenvalue weighted by Crippen LogP contribution is 2.33. The van der Waals surface area contributed by atoms with Crippen LogP contribution in [0.1, 0.15) is 40.5 Å². The molecule has 0 aliphatic heterocycles. The Morgan fingerprint density at radius 3 is 2.80 bits per heavy atom. The summed E-state index contributed by atoms with van der Waals surface area (Å²) in [6, 6.07) is 7.99. The maximum Gasteiger partial charge on any atom is 0.255 e. The molecule has 1 aromatic heterocycles. The number of nitrogens with zero attached hydrogens (tertiary/aromatic N) is 2. The maximum atomic E-state index is 13.0. The van der Waals surface area contributed by atoms with Gasteiger partial charge in [0.25, 0.3) is 5.91 Å². The van der Waals surface area contributed by atoms with E-state index in [4.69, 9.17) is 11.6 Å². The molecule has 1 aliphatic rings. The molecule has 132 valence electrons. The average molecular weight is 379 g/mol. The normalized spacial score (nSPS) is 17.0. The van der Waals surface area contributed by atoms with Crippen molar-refractivity contribution in [2.75, 3.05) is 13.3 Å². The Labute approximate surface area is 152 Å². The summed E-state index contributed by atoms with van der Waals surface area (Å²) in [7, 11) is -1.71. The number of amides is 1. The fraction of sp³-hybridized carbons (Fsp3) is 0.333. The van der Waals surface area contributed by atoms with Gasteiger partial charge in [0.1, 0.15) is 0 Å². The minimum absolute atomic E-state index is 0.0795. The first-order valence-electron chi connectivity index (χ1n) is 7.99. The molecule has 0 saturated carbocycles. The summed E-state index contributed by atoms with van der Waals surface area (Å²) >= 11 is 6.17. The number of benzene rings is 1. The Morgan fingerprint density at radius 1 is 1.32 bits per heavy atom. The molecule has 3 rings (SSSR count). The van der Waals surface area contributed by atoms with E-state index in [0.717, 1.165) is 36.8 Å². The molecule has 5 nitrogen and oxygen atoms in total. The van der Waals surface area contributed by atoms with Crippen molar-refractivity contribution in [2.24, 2.45) is 0 Å². The quantitative estimate of drug-likeness (QED) is 0.821. The molecule has 1 aromatic carbocycles. The van der Waals surface area contributed by atoms with Crippen LogP contribution in [0.4, 0.5) is 0 Å². The van der Waals surface area contributed by atoms with Crippen LogP contribution >= 0.6 is 11.6 Å². The molecule has 1 atom stereocenters. The van der Waals surface area contributed by atoms with Crippen LogP contribution in [-0.4, -0.2) is 37.5 Å². The van der Waals surface area contributed by atoms with Crippen LogP contribution in [-0.2, 0) is 16.3 Å². The van der Waals surface area contributed by atoms with Gasteiger partial charge in [0.15, 0.2) is 9.84 Å². The van der Waals surface area contributed by atoms with Gasteiger partial charge >= 0.3 is 0 Å². The average Bonchev–Trinajstić information content (AvgIpc) is 2.59. The summed E-state index contributed by atoms with van der Waals surface area (Å²) in [4.78, 5) is 19.1. The largest absolute Gasteiger partial charge is 0.333 e. The van der Waals surface area contributed by atoms with Crippen LogP contribution < -0.4 is 0 Å². The van der Waals surface area contributed by atoms with Gasteiger partial charge in [0.2, 0.25) is 0 Å². The first-order valence-corrected chi connectivity index (χ1v) is 10.3. The van der Waals surface area contributed by atoms with Gasteiger partial charge in [-0.15, -0.1) is 0 Å². The number of pyridine rings is 1. The lowest BCUT2D eigenvalue weighted by atomic mass is 9.91. The molecule has 0 radical (unpaired) electrons. The molecule has 25 heavy (non-hydrogen) atoms. The molecular formula is C18H19ClN2O3S. The van der Waals surface area contributed by atoms with Crippen molar-refractivity contribution in [1.29, 1.82) is 0 Å². The van der Waals surface area contributed by atoms with Crippen LogP contribution in [0.5, 0.6) is 0 Å². The van der Waals surface area contributed by atoms with Gasteiger partial charge in [-0.2, -0.15) is 0 Å². The molecule has 0 fully saturated rings. The highest BCUT2D eigenvalue weighted by molar-refractivity contribution is 7.90. The van der Waals surface area contributed by atoms with E-state index in [0.29, 0.717) is 0 Å². The number of carbonyl (C=O) groups is 1. The smallest absolute Gasteiger partial charge is 0.255 e. The molecule has 1 unspecified atom stereocenters. The number of aryl methyl sites for hydroxylation is 1. The zero-order valence-electron chi connectivity index (χ0n) is 14.1. The predicted molar refractivity (Wildman–Crippen MR) is 96.6 cm³/mol. The Bertz CT molecular complexity index is 928. The zero-order valence-corrected chi connectivity index (χ0v) is 15.6. The zero-order chi connectivity index (χ0) is 18.2. The van der Waals surface area contributed by atoms with E-state index >= 15 is 0 Å². The molecule has 0 saturated heterocycles. The fourth-order valence-corrected chi connectivity index (χ4v) is 4.04. The molecule has 0 spiro atoms. The molecule has 1 aliphatic carbocycles. The van der Waals surface area contributed by atoms with E-state index < -0.39 is 9.84 Å². The number of sulfone groups is 1. The molecule has 2 aromatic rings. The minimum Gasteiger partial charge on any atom is -0.333 e. The topological polar surface area (TPSA) is 67.3 Å². The van der Waals surface area contributed by atoms with E-state index in [1.807, 2.05) is 12.1 Å². The molecule has 0 N–H and O–H groups in total. The van der Waals surface area contributed by atoms with Crippen LogP contribution in [0.3, 0.4) is 0 Å². The number of carbonyl (C=O) groups excluding carboxylic acids is 1. The highest BCUT2D eigenvalue weighted by atomic mass is 35.5. The van der Waals surface area contributed by atoms with E-state index in [-0.39, 0.29) is 27.4 Å². The first-order chi connectivity index (χ1) is 11.8. The number of aromatic nitrogens is 1. The van der Waals surface area contributed by atoms with Gasteiger partial charge in [-0.1, -0.05) is 17.7 Å². The van der Waals surface area contributed by atoms with Crippen molar-refractivity contribution in [1.82, 2.24) is 9.88 Å². The Morgan fingerprint density at radius 2 is 2.08 bits per heavy atom. The van der Waals surface area contributed by atoms with Crippen molar-refractivity contribution >= 4 is 27.3 Å². The molecule has 7 heteroatoms. The van der Waals surface area contributed by atoms with E-state index in [1.165, 1.54) is 18.2 Å².